The van der Waals surface area contributed by atoms with Crippen LogP contribution in [0.1, 0.15) is 34.7 Å². The molecular formula is C13H19N3O3. The highest BCUT2D eigenvalue weighted by Gasteiger charge is 2.21. The van der Waals surface area contributed by atoms with Gasteiger partial charge < -0.3 is 15.3 Å². The number of hydrogen-bond acceptors (Lipinski definition) is 4. The van der Waals surface area contributed by atoms with Crippen molar-refractivity contribution in [2.75, 3.05) is 20.6 Å². The Bertz CT molecular complexity index is 484. The van der Waals surface area contributed by atoms with E-state index in [1.54, 1.807) is 0 Å². The van der Waals surface area contributed by atoms with Crippen molar-refractivity contribution >= 4 is 11.9 Å². The van der Waals surface area contributed by atoms with Crippen LogP contribution in [0.3, 0.4) is 0 Å². The van der Waals surface area contributed by atoms with Gasteiger partial charge in [0.1, 0.15) is 5.69 Å². The van der Waals surface area contributed by atoms with E-state index in [0.29, 0.717) is 12.1 Å². The van der Waals surface area contributed by atoms with Crippen LogP contribution in [-0.2, 0) is 0 Å². The number of amides is 1. The first-order valence-electron chi connectivity index (χ1n) is 5.89. The first kappa shape index (κ1) is 15.1. The molecular weight excluding hydrogens is 246 g/mol. The number of aromatic carboxylic acids is 1. The maximum atomic E-state index is 11.9. The predicted molar refractivity (Wildman–Crippen MR) is 71.3 cm³/mol. The second-order valence-corrected chi connectivity index (χ2v) is 5.12. The van der Waals surface area contributed by atoms with Crippen LogP contribution in [0.15, 0.2) is 18.3 Å². The zero-order valence-corrected chi connectivity index (χ0v) is 11.6. The molecule has 0 aromatic carbocycles. The van der Waals surface area contributed by atoms with Crippen LogP contribution >= 0.6 is 0 Å². The summed E-state index contributed by atoms with van der Waals surface area (Å²) in [5.41, 5.74) is -0.0281. The number of pyridine rings is 1. The number of carbonyl (C=O) groups excluding carboxylic acids is 1. The summed E-state index contributed by atoms with van der Waals surface area (Å²) in [7, 11) is 3.86. The minimum absolute atomic E-state index is 0.139. The van der Waals surface area contributed by atoms with Gasteiger partial charge >= 0.3 is 5.97 Å². The molecule has 2 N–H and O–H groups in total. The molecule has 6 nitrogen and oxygen atoms in total. The van der Waals surface area contributed by atoms with Crippen LogP contribution in [0, 0.1) is 0 Å². The van der Waals surface area contributed by atoms with Gasteiger partial charge in [0.05, 0.1) is 0 Å². The lowest BCUT2D eigenvalue weighted by Crippen LogP contribution is -2.48. The van der Waals surface area contributed by atoms with E-state index in [0.717, 1.165) is 0 Å². The summed E-state index contributed by atoms with van der Waals surface area (Å²) in [6, 6.07) is 2.75. The lowest BCUT2D eigenvalue weighted by molar-refractivity contribution is 0.0690. The Hall–Kier alpha value is -1.95. The van der Waals surface area contributed by atoms with Crippen LogP contribution in [0.25, 0.3) is 0 Å². The number of likely N-dealkylation sites (N-methyl/N-ethyl adjacent to an activating group) is 1. The van der Waals surface area contributed by atoms with Crippen molar-refractivity contribution < 1.29 is 14.7 Å². The molecule has 0 radical (unpaired) electrons. The molecule has 0 fully saturated rings. The maximum Gasteiger partial charge on any atom is 0.354 e. The zero-order chi connectivity index (χ0) is 14.6. The molecule has 0 aliphatic heterocycles. The molecule has 1 amide bonds. The Balaban J connectivity index is 2.74. The fourth-order valence-corrected chi connectivity index (χ4v) is 1.25. The summed E-state index contributed by atoms with van der Waals surface area (Å²) in [6.07, 6.45) is 1.31. The first-order chi connectivity index (χ1) is 8.74. The first-order valence-corrected chi connectivity index (χ1v) is 5.89. The molecule has 0 saturated heterocycles. The van der Waals surface area contributed by atoms with Crippen LogP contribution in [-0.4, -0.2) is 53.0 Å². The minimum Gasteiger partial charge on any atom is -0.477 e. The molecule has 0 unspecified atom stereocenters. The molecule has 0 aliphatic rings. The molecule has 0 saturated carbocycles. The molecule has 0 atom stereocenters. The number of aromatic nitrogens is 1. The quantitative estimate of drug-likeness (QED) is 0.824. The summed E-state index contributed by atoms with van der Waals surface area (Å²) in [6.45, 7) is 4.47. The van der Waals surface area contributed by atoms with E-state index in [1.165, 1.54) is 18.3 Å². The lowest BCUT2D eigenvalue weighted by atomic mass is 10.0. The SMILES string of the molecule is CN(C)C(C)(C)CNC(=O)c1ccnc(C(=O)O)c1. The summed E-state index contributed by atoms with van der Waals surface area (Å²) < 4.78 is 0. The van der Waals surface area contributed by atoms with E-state index in [2.05, 4.69) is 10.3 Å². The Morgan fingerprint density at radius 2 is 2.05 bits per heavy atom. The van der Waals surface area contributed by atoms with Crippen LogP contribution in [0.5, 0.6) is 0 Å². The van der Waals surface area contributed by atoms with E-state index >= 15 is 0 Å². The van der Waals surface area contributed by atoms with Gasteiger partial charge in [-0.05, 0) is 40.1 Å². The number of carboxylic acid groups (broad SMARTS) is 1. The lowest BCUT2D eigenvalue weighted by Gasteiger charge is -2.32. The monoisotopic (exact) mass is 265 g/mol. The van der Waals surface area contributed by atoms with Gasteiger partial charge in [0.2, 0.25) is 0 Å². The Labute approximate surface area is 112 Å². The van der Waals surface area contributed by atoms with Crippen LogP contribution in [0.4, 0.5) is 0 Å². The van der Waals surface area contributed by atoms with E-state index in [9.17, 15) is 9.59 Å². The summed E-state index contributed by atoms with van der Waals surface area (Å²) in [5, 5.41) is 11.6. The van der Waals surface area contributed by atoms with Crippen LogP contribution < -0.4 is 5.32 Å². The number of carbonyl (C=O) groups is 2. The Morgan fingerprint density at radius 1 is 1.42 bits per heavy atom. The average molecular weight is 265 g/mol. The highest BCUT2D eigenvalue weighted by molar-refractivity contribution is 5.96. The van der Waals surface area contributed by atoms with Gasteiger partial charge in [0, 0.05) is 23.8 Å². The third-order valence-electron chi connectivity index (χ3n) is 3.13. The number of nitrogens with zero attached hydrogens (tertiary/aromatic N) is 2. The number of nitrogens with one attached hydrogen (secondary N) is 1. The molecule has 0 spiro atoms. The molecule has 19 heavy (non-hydrogen) atoms. The van der Waals surface area contributed by atoms with Gasteiger partial charge in [0.25, 0.3) is 5.91 Å². The van der Waals surface area contributed by atoms with Gasteiger partial charge in [0.15, 0.2) is 0 Å². The van der Waals surface area contributed by atoms with Crippen molar-refractivity contribution in [2.24, 2.45) is 0 Å². The van der Waals surface area contributed by atoms with E-state index in [-0.39, 0.29) is 17.1 Å². The van der Waals surface area contributed by atoms with Crippen molar-refractivity contribution in [3.05, 3.63) is 29.6 Å². The van der Waals surface area contributed by atoms with Gasteiger partial charge in [-0.1, -0.05) is 0 Å². The van der Waals surface area contributed by atoms with Gasteiger partial charge in [-0.2, -0.15) is 0 Å². The second-order valence-electron chi connectivity index (χ2n) is 5.12. The van der Waals surface area contributed by atoms with Crippen molar-refractivity contribution in [2.45, 2.75) is 19.4 Å². The molecule has 1 heterocycles. The van der Waals surface area contributed by atoms with E-state index in [1.807, 2.05) is 32.8 Å². The molecule has 0 bridgehead atoms. The predicted octanol–water partition coefficient (Wildman–Crippen LogP) is 0.850. The Kier molecular flexibility index (Phi) is 4.61. The number of rotatable bonds is 5. The van der Waals surface area contributed by atoms with E-state index < -0.39 is 5.97 Å². The van der Waals surface area contributed by atoms with Gasteiger partial charge in [-0.15, -0.1) is 0 Å². The fraction of sp³-hybridized carbons (Fsp3) is 0.462. The zero-order valence-electron chi connectivity index (χ0n) is 11.6. The highest BCUT2D eigenvalue weighted by atomic mass is 16.4. The largest absolute Gasteiger partial charge is 0.477 e. The van der Waals surface area contributed by atoms with Gasteiger partial charge in [-0.3, -0.25) is 4.79 Å². The van der Waals surface area contributed by atoms with Gasteiger partial charge in [-0.25, -0.2) is 9.78 Å². The maximum absolute atomic E-state index is 11.9. The highest BCUT2D eigenvalue weighted by Crippen LogP contribution is 2.09. The smallest absolute Gasteiger partial charge is 0.354 e. The Morgan fingerprint density at radius 3 is 2.58 bits per heavy atom. The number of carboxylic acids is 1. The molecule has 1 aromatic heterocycles. The minimum atomic E-state index is -1.15. The summed E-state index contributed by atoms with van der Waals surface area (Å²) in [5.74, 6) is -1.46. The van der Waals surface area contributed by atoms with Crippen LogP contribution in [0.2, 0.25) is 0 Å². The average Bonchev–Trinajstić information content (AvgIpc) is 2.36. The van der Waals surface area contributed by atoms with Crippen molar-refractivity contribution in [1.82, 2.24) is 15.2 Å². The van der Waals surface area contributed by atoms with E-state index in [4.69, 9.17) is 5.11 Å². The molecule has 6 heteroatoms. The fourth-order valence-electron chi connectivity index (χ4n) is 1.25. The van der Waals surface area contributed by atoms with Crippen molar-refractivity contribution in [3.63, 3.8) is 0 Å². The summed E-state index contributed by atoms with van der Waals surface area (Å²) >= 11 is 0. The second kappa shape index (κ2) is 5.79. The molecule has 1 aromatic rings. The standard InChI is InChI=1S/C13H19N3O3/c1-13(2,16(3)4)8-15-11(17)9-5-6-14-10(7-9)12(18)19/h5-7H,8H2,1-4H3,(H,15,17)(H,18,19). The molecule has 0 aliphatic carbocycles. The third-order valence-corrected chi connectivity index (χ3v) is 3.13. The van der Waals surface area contributed by atoms with Crippen molar-refractivity contribution in [3.8, 4) is 0 Å². The number of hydrogen-bond donors (Lipinski definition) is 2. The summed E-state index contributed by atoms with van der Waals surface area (Å²) in [4.78, 5) is 28.4. The molecule has 1 rings (SSSR count). The topological polar surface area (TPSA) is 82.5 Å². The molecule has 104 valence electrons. The van der Waals surface area contributed by atoms with Crippen molar-refractivity contribution in [1.29, 1.82) is 0 Å². The third kappa shape index (κ3) is 4.03. The normalized spacial score (nSPS) is 11.4.